The number of esters is 1. The van der Waals surface area contributed by atoms with Gasteiger partial charge in [-0.1, -0.05) is 0 Å². The second-order valence-electron chi connectivity index (χ2n) is 4.38. The van der Waals surface area contributed by atoms with Crippen molar-refractivity contribution in [3.8, 4) is 5.75 Å². The molecule has 1 atom stereocenters. The van der Waals surface area contributed by atoms with Gasteiger partial charge in [0.1, 0.15) is 11.4 Å². The van der Waals surface area contributed by atoms with Crippen LogP contribution in [0.1, 0.15) is 13.3 Å². The van der Waals surface area contributed by atoms with Gasteiger partial charge in [-0.15, -0.1) is 0 Å². The van der Waals surface area contributed by atoms with E-state index >= 15 is 0 Å². The molecule has 0 bridgehead atoms. The largest absolute Gasteiger partial charge is 0.487 e. The van der Waals surface area contributed by atoms with Crippen LogP contribution >= 0.6 is 0 Å². The highest BCUT2D eigenvalue weighted by atomic mass is 19.1. The maximum atomic E-state index is 13.1. The predicted molar refractivity (Wildman–Crippen MR) is 67.8 cm³/mol. The number of nitro groups is 1. The van der Waals surface area contributed by atoms with Crippen LogP contribution in [0.15, 0.2) is 18.2 Å². The highest BCUT2D eigenvalue weighted by molar-refractivity contribution is 5.79. The second-order valence-corrected chi connectivity index (χ2v) is 4.38. The van der Waals surface area contributed by atoms with E-state index in [-0.39, 0.29) is 24.5 Å². The average Bonchev–Trinajstić information content (AvgIpc) is 2.37. The average molecular weight is 286 g/mol. The van der Waals surface area contributed by atoms with E-state index in [1.54, 1.807) is 0 Å². The zero-order chi connectivity index (χ0) is 15.3. The van der Waals surface area contributed by atoms with Crippen LogP contribution in [-0.4, -0.2) is 30.1 Å². The van der Waals surface area contributed by atoms with Gasteiger partial charge >= 0.3 is 11.7 Å². The molecule has 110 valence electrons. The highest BCUT2D eigenvalue weighted by Gasteiger charge is 2.29. The smallest absolute Gasteiger partial charge is 0.325 e. The number of methoxy groups -OCH3 is 1. The summed E-state index contributed by atoms with van der Waals surface area (Å²) >= 11 is 0. The SMILES string of the molecule is COC(=O)C(C)(N)CCOc1cc(F)ccc1[N+](=O)[O-]. The van der Waals surface area contributed by atoms with Crippen molar-refractivity contribution in [2.75, 3.05) is 13.7 Å². The number of ether oxygens (including phenoxy) is 2. The van der Waals surface area contributed by atoms with Gasteiger partial charge in [-0.2, -0.15) is 0 Å². The van der Waals surface area contributed by atoms with Gasteiger partial charge in [-0.05, 0) is 13.0 Å². The normalized spacial score (nSPS) is 13.4. The first-order chi connectivity index (χ1) is 9.27. The molecule has 1 rings (SSSR count). The molecule has 20 heavy (non-hydrogen) atoms. The third-order valence-electron chi connectivity index (χ3n) is 2.65. The standard InChI is InChI=1S/C12H15FN2O5/c1-12(14,11(16)19-2)5-6-20-10-7-8(13)3-4-9(10)15(17)18/h3-4,7H,5-6,14H2,1-2H3. The van der Waals surface area contributed by atoms with Crippen LogP contribution < -0.4 is 10.5 Å². The van der Waals surface area contributed by atoms with E-state index in [1.165, 1.54) is 14.0 Å². The summed E-state index contributed by atoms with van der Waals surface area (Å²) in [5.74, 6) is -1.50. The van der Waals surface area contributed by atoms with Crippen LogP contribution in [0.3, 0.4) is 0 Å². The zero-order valence-electron chi connectivity index (χ0n) is 11.1. The van der Waals surface area contributed by atoms with Crippen molar-refractivity contribution in [1.82, 2.24) is 0 Å². The van der Waals surface area contributed by atoms with E-state index in [4.69, 9.17) is 10.5 Å². The minimum atomic E-state index is -1.28. The molecule has 1 aromatic carbocycles. The van der Waals surface area contributed by atoms with Crippen LogP contribution in [0.4, 0.5) is 10.1 Å². The molecule has 0 aromatic heterocycles. The summed E-state index contributed by atoms with van der Waals surface area (Å²) in [7, 11) is 1.20. The molecular formula is C12H15FN2O5. The minimum Gasteiger partial charge on any atom is -0.487 e. The Balaban J connectivity index is 2.73. The fraction of sp³-hybridized carbons (Fsp3) is 0.417. The Bertz CT molecular complexity index is 519. The van der Waals surface area contributed by atoms with Gasteiger partial charge in [0.15, 0.2) is 5.75 Å². The topological polar surface area (TPSA) is 105 Å². The van der Waals surface area contributed by atoms with Crippen LogP contribution in [0.25, 0.3) is 0 Å². The van der Waals surface area contributed by atoms with Gasteiger partial charge in [-0.25, -0.2) is 4.39 Å². The summed E-state index contributed by atoms with van der Waals surface area (Å²) in [6.07, 6.45) is 0.0628. The lowest BCUT2D eigenvalue weighted by atomic mass is 10.0. The molecule has 1 unspecified atom stereocenters. The van der Waals surface area contributed by atoms with Gasteiger partial charge < -0.3 is 15.2 Å². The van der Waals surface area contributed by atoms with Gasteiger partial charge in [0.25, 0.3) is 0 Å². The summed E-state index contributed by atoms with van der Waals surface area (Å²) in [6.45, 7) is 1.36. The van der Waals surface area contributed by atoms with Gasteiger partial charge in [0.05, 0.1) is 18.6 Å². The molecule has 0 heterocycles. The number of rotatable bonds is 6. The third kappa shape index (κ3) is 3.89. The molecule has 7 nitrogen and oxygen atoms in total. The lowest BCUT2D eigenvalue weighted by Gasteiger charge is -2.21. The molecule has 0 aliphatic heterocycles. The highest BCUT2D eigenvalue weighted by Crippen LogP contribution is 2.27. The lowest BCUT2D eigenvalue weighted by Crippen LogP contribution is -2.46. The van der Waals surface area contributed by atoms with Crippen LogP contribution in [0.2, 0.25) is 0 Å². The van der Waals surface area contributed by atoms with Crippen LogP contribution in [-0.2, 0) is 9.53 Å². The molecule has 1 aromatic rings. The number of hydrogen-bond donors (Lipinski definition) is 1. The number of halogens is 1. The Morgan fingerprint density at radius 1 is 1.55 bits per heavy atom. The van der Waals surface area contributed by atoms with Crippen molar-refractivity contribution >= 4 is 11.7 Å². The van der Waals surface area contributed by atoms with Crippen molar-refractivity contribution in [3.05, 3.63) is 34.1 Å². The number of hydrogen-bond acceptors (Lipinski definition) is 6. The van der Waals surface area contributed by atoms with E-state index in [9.17, 15) is 19.3 Å². The number of nitro benzene ring substituents is 1. The molecule has 2 N–H and O–H groups in total. The van der Waals surface area contributed by atoms with Crippen molar-refractivity contribution < 1.29 is 23.6 Å². The Morgan fingerprint density at radius 3 is 2.75 bits per heavy atom. The molecule has 0 spiro atoms. The molecule has 8 heteroatoms. The van der Waals surface area contributed by atoms with Gasteiger partial charge in [0.2, 0.25) is 0 Å². The Kier molecular flexibility index (Phi) is 4.98. The summed E-state index contributed by atoms with van der Waals surface area (Å²) < 4.78 is 22.7. The first-order valence-electron chi connectivity index (χ1n) is 5.72. The summed E-state index contributed by atoms with van der Waals surface area (Å²) in [6, 6.07) is 2.88. The maximum absolute atomic E-state index is 13.1. The molecule has 0 saturated carbocycles. The van der Waals surface area contributed by atoms with Crippen molar-refractivity contribution in [2.24, 2.45) is 5.73 Å². The number of carbonyl (C=O) groups excluding carboxylic acids is 1. The minimum absolute atomic E-state index is 0.0628. The van der Waals surface area contributed by atoms with Crippen LogP contribution in [0.5, 0.6) is 5.75 Å². The number of nitrogens with two attached hydrogens (primary N) is 1. The quantitative estimate of drug-likeness (QED) is 0.481. The van der Waals surface area contributed by atoms with Crippen LogP contribution in [0, 0.1) is 15.9 Å². The monoisotopic (exact) mass is 286 g/mol. The van der Waals surface area contributed by atoms with E-state index in [0.29, 0.717) is 0 Å². The van der Waals surface area contributed by atoms with E-state index in [2.05, 4.69) is 4.74 Å². The van der Waals surface area contributed by atoms with E-state index in [0.717, 1.165) is 18.2 Å². The summed E-state index contributed by atoms with van der Waals surface area (Å²) in [4.78, 5) is 21.4. The second kappa shape index (κ2) is 6.29. The number of benzene rings is 1. The molecule has 0 amide bonds. The first kappa shape index (κ1) is 15.8. The number of nitrogens with zero attached hydrogens (tertiary/aromatic N) is 1. The molecule has 0 fully saturated rings. The Hall–Kier alpha value is -2.22. The van der Waals surface area contributed by atoms with Crippen molar-refractivity contribution in [2.45, 2.75) is 18.9 Å². The maximum Gasteiger partial charge on any atom is 0.325 e. The molecule has 0 saturated heterocycles. The zero-order valence-corrected chi connectivity index (χ0v) is 11.1. The fourth-order valence-corrected chi connectivity index (χ4v) is 1.46. The van der Waals surface area contributed by atoms with Crippen molar-refractivity contribution in [3.63, 3.8) is 0 Å². The summed E-state index contributed by atoms with van der Waals surface area (Å²) in [5, 5.41) is 10.8. The number of carbonyl (C=O) groups is 1. The van der Waals surface area contributed by atoms with Gasteiger partial charge in [0, 0.05) is 18.6 Å². The van der Waals surface area contributed by atoms with Crippen molar-refractivity contribution in [1.29, 1.82) is 0 Å². The van der Waals surface area contributed by atoms with E-state index < -0.39 is 22.2 Å². The van der Waals surface area contributed by atoms with Gasteiger partial charge in [-0.3, -0.25) is 14.9 Å². The Labute approximate surface area is 114 Å². The first-order valence-corrected chi connectivity index (χ1v) is 5.72. The summed E-state index contributed by atoms with van der Waals surface area (Å²) in [5.41, 5.74) is 4.06. The molecular weight excluding hydrogens is 271 g/mol. The lowest BCUT2D eigenvalue weighted by molar-refractivity contribution is -0.385. The fourth-order valence-electron chi connectivity index (χ4n) is 1.46. The molecule has 0 aliphatic carbocycles. The van der Waals surface area contributed by atoms with E-state index in [1.807, 2.05) is 0 Å². The Morgan fingerprint density at radius 2 is 2.20 bits per heavy atom. The molecule has 0 radical (unpaired) electrons. The molecule has 0 aliphatic rings. The predicted octanol–water partition coefficient (Wildman–Crippen LogP) is 1.39. The third-order valence-corrected chi connectivity index (χ3v) is 2.65.